The number of rotatable bonds is 12. The maximum atomic E-state index is 11.5. The normalized spacial score (nSPS) is 18.5. The number of phenols is 2. The minimum absolute atomic E-state index is 0. The molecule has 0 bridgehead atoms. The van der Waals surface area contributed by atoms with Crippen molar-refractivity contribution in [3.8, 4) is 11.5 Å². The summed E-state index contributed by atoms with van der Waals surface area (Å²) in [5.41, 5.74) is 5.79. The zero-order valence-corrected chi connectivity index (χ0v) is 31.4. The Balaban J connectivity index is 0.00000705. The Morgan fingerprint density at radius 2 is 0.889 bits per heavy atom. The maximum absolute atomic E-state index is 11.5. The van der Waals surface area contributed by atoms with E-state index in [0.717, 1.165) is 73.6 Å². The van der Waals surface area contributed by atoms with Gasteiger partial charge in [-0.1, -0.05) is 108 Å². The Bertz CT molecular complexity index is 1250. The maximum Gasteiger partial charge on any atom is 0.128 e. The Morgan fingerprint density at radius 3 is 1.18 bits per heavy atom. The van der Waals surface area contributed by atoms with Crippen LogP contribution in [0.4, 0.5) is 0 Å². The van der Waals surface area contributed by atoms with E-state index in [-0.39, 0.29) is 50.5 Å². The summed E-state index contributed by atoms with van der Waals surface area (Å²) in [6, 6.07) is 8.76. The van der Waals surface area contributed by atoms with Gasteiger partial charge in [-0.15, -0.1) is 0 Å². The molecule has 2 atom stereocenters. The largest absolute Gasteiger partial charge is 0.507 e. The zero-order chi connectivity index (χ0) is 33.1. The van der Waals surface area contributed by atoms with E-state index in [1.54, 1.807) is 0 Å². The van der Waals surface area contributed by atoms with Crippen molar-refractivity contribution < 1.29 is 27.0 Å². The fourth-order valence-corrected chi connectivity index (χ4v) is 5.90. The van der Waals surface area contributed by atoms with E-state index in [4.69, 9.17) is 9.98 Å². The Kier molecular flexibility index (Phi) is 13.2. The summed E-state index contributed by atoms with van der Waals surface area (Å²) in [7, 11) is 0. The van der Waals surface area contributed by atoms with Gasteiger partial charge in [0, 0.05) is 51.5 Å². The SMILES string of the molecule is CCC(C)(C)c1cc(C=NC2CCCCC2N=Cc2cc(C(C)(C)CC)cc(C(C)(C)CC)c2O)c(O)c(C(C)(C)CC)c1.[Co]. The second kappa shape index (κ2) is 15.2. The van der Waals surface area contributed by atoms with E-state index in [1.165, 1.54) is 11.1 Å². The smallest absolute Gasteiger partial charge is 0.128 e. The molecule has 5 heteroatoms. The van der Waals surface area contributed by atoms with Crippen LogP contribution in [0.5, 0.6) is 11.5 Å². The van der Waals surface area contributed by atoms with Crippen molar-refractivity contribution in [2.45, 2.75) is 168 Å². The molecule has 0 heterocycles. The molecule has 2 aromatic rings. The summed E-state index contributed by atoms with van der Waals surface area (Å²) in [6.45, 7) is 26.7. The van der Waals surface area contributed by atoms with Crippen LogP contribution < -0.4 is 0 Å². The molecule has 0 amide bonds. The summed E-state index contributed by atoms with van der Waals surface area (Å²) >= 11 is 0. The fourth-order valence-electron chi connectivity index (χ4n) is 5.90. The van der Waals surface area contributed by atoms with Crippen molar-refractivity contribution in [3.05, 3.63) is 57.6 Å². The first-order chi connectivity index (χ1) is 20.4. The topological polar surface area (TPSA) is 65.2 Å². The molecule has 1 radical (unpaired) electrons. The third-order valence-corrected chi connectivity index (χ3v) is 11.3. The predicted octanol–water partition coefficient (Wildman–Crippen LogP) is 10.7. The van der Waals surface area contributed by atoms with Gasteiger partial charge in [-0.05, 0) is 83.4 Å². The molecule has 1 saturated carbocycles. The van der Waals surface area contributed by atoms with Crippen LogP contribution in [0.1, 0.15) is 168 Å². The Morgan fingerprint density at radius 1 is 0.578 bits per heavy atom. The van der Waals surface area contributed by atoms with Crippen LogP contribution in [0.2, 0.25) is 0 Å². The number of nitrogens with zero attached hydrogens (tertiary/aromatic N) is 2. The molecule has 4 nitrogen and oxygen atoms in total. The van der Waals surface area contributed by atoms with Crippen LogP contribution in [0.3, 0.4) is 0 Å². The average Bonchev–Trinajstić information content (AvgIpc) is 2.99. The van der Waals surface area contributed by atoms with Gasteiger partial charge in [0.2, 0.25) is 0 Å². The first-order valence-corrected chi connectivity index (χ1v) is 17.3. The van der Waals surface area contributed by atoms with Gasteiger partial charge < -0.3 is 10.2 Å². The summed E-state index contributed by atoms with van der Waals surface area (Å²) in [4.78, 5) is 10.2. The molecule has 1 fully saturated rings. The quantitative estimate of drug-likeness (QED) is 0.222. The second-order valence-corrected chi connectivity index (χ2v) is 15.8. The summed E-state index contributed by atoms with van der Waals surface area (Å²) < 4.78 is 0. The van der Waals surface area contributed by atoms with Crippen molar-refractivity contribution in [2.75, 3.05) is 0 Å². The third-order valence-electron chi connectivity index (χ3n) is 11.3. The molecule has 0 aromatic heterocycles. The Labute approximate surface area is 285 Å². The first kappa shape index (κ1) is 39.1. The van der Waals surface area contributed by atoms with Gasteiger partial charge in [0.15, 0.2) is 0 Å². The second-order valence-electron chi connectivity index (χ2n) is 15.8. The standard InChI is InChI=1S/C40H62N2O2.Co/c1-13-37(5,6)29-21-27(35(43)31(23-29)39(9,10)15-3)25-41-33-19-17-18-20-34(33)42-26-28-22-30(38(7,8)14-2)24-32(36(28)44)40(11,12)16-4;/h21-26,33-34,43-44H,13-20H2,1-12H3;. The number of hydrogen-bond donors (Lipinski definition) is 2. The van der Waals surface area contributed by atoms with Gasteiger partial charge >= 0.3 is 0 Å². The van der Waals surface area contributed by atoms with E-state index >= 15 is 0 Å². The first-order valence-electron chi connectivity index (χ1n) is 17.3. The number of hydrogen-bond acceptors (Lipinski definition) is 4. The van der Waals surface area contributed by atoms with Crippen LogP contribution >= 0.6 is 0 Å². The summed E-state index contributed by atoms with van der Waals surface area (Å²) in [6.07, 6.45) is 11.9. The number of aromatic hydroxyl groups is 2. The summed E-state index contributed by atoms with van der Waals surface area (Å²) in [5, 5.41) is 22.9. The van der Waals surface area contributed by atoms with E-state index < -0.39 is 0 Å². The number of benzene rings is 2. The molecule has 2 unspecified atom stereocenters. The zero-order valence-electron chi connectivity index (χ0n) is 30.4. The van der Waals surface area contributed by atoms with Gasteiger partial charge in [-0.25, -0.2) is 0 Å². The van der Waals surface area contributed by atoms with Gasteiger partial charge in [-0.3, -0.25) is 9.98 Å². The van der Waals surface area contributed by atoms with Crippen molar-refractivity contribution in [1.82, 2.24) is 0 Å². The van der Waals surface area contributed by atoms with Gasteiger partial charge in [0.1, 0.15) is 11.5 Å². The van der Waals surface area contributed by atoms with Crippen molar-refractivity contribution >= 4 is 12.4 Å². The van der Waals surface area contributed by atoms with Crippen molar-refractivity contribution in [1.29, 1.82) is 0 Å². The molecule has 3 rings (SSSR count). The van der Waals surface area contributed by atoms with Crippen molar-refractivity contribution in [2.24, 2.45) is 9.98 Å². The van der Waals surface area contributed by atoms with Crippen LogP contribution in [0.25, 0.3) is 0 Å². The molecule has 0 saturated heterocycles. The minimum Gasteiger partial charge on any atom is -0.507 e. The molecule has 1 aliphatic carbocycles. The molecule has 45 heavy (non-hydrogen) atoms. The van der Waals surface area contributed by atoms with E-state index in [2.05, 4.69) is 107 Å². The molecule has 2 aromatic carbocycles. The van der Waals surface area contributed by atoms with Gasteiger partial charge in [-0.2, -0.15) is 0 Å². The van der Waals surface area contributed by atoms with E-state index in [0.29, 0.717) is 11.5 Å². The molecular weight excluding hydrogens is 599 g/mol. The van der Waals surface area contributed by atoms with Crippen molar-refractivity contribution in [3.63, 3.8) is 0 Å². The number of phenolic OH excluding ortho intramolecular Hbond substituents is 2. The van der Waals surface area contributed by atoms with Crippen LogP contribution in [-0.4, -0.2) is 34.7 Å². The van der Waals surface area contributed by atoms with E-state index in [9.17, 15) is 10.2 Å². The Hall–Kier alpha value is -2.11. The van der Waals surface area contributed by atoms with Gasteiger partial charge in [0.05, 0.1) is 12.1 Å². The molecular formula is C40H62CoN2O2. The van der Waals surface area contributed by atoms with Crippen LogP contribution in [0, 0.1) is 0 Å². The third kappa shape index (κ3) is 8.83. The number of aliphatic imine (C=N–C) groups is 2. The fraction of sp³-hybridized carbons (Fsp3) is 0.650. The summed E-state index contributed by atoms with van der Waals surface area (Å²) in [5.74, 6) is 0.692. The predicted molar refractivity (Wildman–Crippen MR) is 191 cm³/mol. The van der Waals surface area contributed by atoms with Crippen LogP contribution in [0.15, 0.2) is 34.3 Å². The molecule has 0 aliphatic heterocycles. The minimum atomic E-state index is -0.141. The molecule has 1 aliphatic rings. The molecule has 2 N–H and O–H groups in total. The van der Waals surface area contributed by atoms with E-state index in [1.807, 2.05) is 12.4 Å². The van der Waals surface area contributed by atoms with Gasteiger partial charge in [0.25, 0.3) is 0 Å². The monoisotopic (exact) mass is 661 g/mol. The van der Waals surface area contributed by atoms with Crippen LogP contribution in [-0.2, 0) is 38.4 Å². The average molecular weight is 662 g/mol. The molecule has 253 valence electrons. The molecule has 0 spiro atoms.